The summed E-state index contributed by atoms with van der Waals surface area (Å²) < 4.78 is 25.7. The molecule has 0 aliphatic heterocycles. The van der Waals surface area contributed by atoms with Crippen LogP contribution in [0.4, 0.5) is 10.1 Å². The average Bonchev–Trinajstić information content (AvgIpc) is 3.31. The second kappa shape index (κ2) is 9.02. The molecule has 7 nitrogen and oxygen atoms in total. The van der Waals surface area contributed by atoms with Crippen molar-refractivity contribution in [3.8, 4) is 29.0 Å². The molecule has 1 N–H and O–H groups in total. The summed E-state index contributed by atoms with van der Waals surface area (Å²) in [7, 11) is 1.50. The van der Waals surface area contributed by atoms with E-state index in [0.29, 0.717) is 34.2 Å². The van der Waals surface area contributed by atoms with E-state index in [1.54, 1.807) is 66.9 Å². The number of amides is 1. The molecule has 0 fully saturated rings. The topological polar surface area (TPSA) is 89.2 Å². The van der Waals surface area contributed by atoms with Crippen LogP contribution in [0.2, 0.25) is 0 Å². The molecule has 0 unspecified atom stereocenters. The number of anilines is 1. The van der Waals surface area contributed by atoms with E-state index in [9.17, 15) is 9.18 Å². The number of nitrogens with zero attached hydrogens (tertiary/aromatic N) is 3. The van der Waals surface area contributed by atoms with E-state index in [-0.39, 0.29) is 17.4 Å². The summed E-state index contributed by atoms with van der Waals surface area (Å²) in [6.07, 6.45) is 1.63. The number of rotatable bonds is 6. The van der Waals surface area contributed by atoms with Gasteiger partial charge in [-0.05, 0) is 66.7 Å². The number of ether oxygens (including phenoxy) is 2. The van der Waals surface area contributed by atoms with Crippen LogP contribution in [0.3, 0.4) is 0 Å². The molecule has 1 amide bonds. The Bertz CT molecular complexity index is 1290. The van der Waals surface area contributed by atoms with Crippen molar-refractivity contribution in [2.24, 2.45) is 0 Å². The van der Waals surface area contributed by atoms with E-state index in [0.717, 1.165) is 0 Å². The minimum absolute atomic E-state index is 0.219. The molecule has 3 aromatic carbocycles. The first-order chi connectivity index (χ1) is 15.6. The number of hydrogen-bond donors (Lipinski definition) is 1. The van der Waals surface area contributed by atoms with Gasteiger partial charge in [0.15, 0.2) is 17.2 Å². The number of nitriles is 1. The van der Waals surface area contributed by atoms with Gasteiger partial charge in [-0.3, -0.25) is 4.79 Å². The summed E-state index contributed by atoms with van der Waals surface area (Å²) in [5.41, 5.74) is 1.89. The maximum absolute atomic E-state index is 13.1. The van der Waals surface area contributed by atoms with E-state index < -0.39 is 0 Å². The number of hydrogen-bond acceptors (Lipinski definition) is 5. The Morgan fingerprint density at radius 1 is 1.03 bits per heavy atom. The Kier molecular flexibility index (Phi) is 5.81. The Hall–Kier alpha value is -4.64. The third-order valence-corrected chi connectivity index (χ3v) is 4.55. The maximum atomic E-state index is 13.1. The van der Waals surface area contributed by atoms with Crippen LogP contribution in [0.25, 0.3) is 5.69 Å². The summed E-state index contributed by atoms with van der Waals surface area (Å²) >= 11 is 0. The summed E-state index contributed by atoms with van der Waals surface area (Å²) in [4.78, 5) is 12.5. The first kappa shape index (κ1) is 20.6. The van der Waals surface area contributed by atoms with Crippen molar-refractivity contribution in [2.75, 3.05) is 12.4 Å². The van der Waals surface area contributed by atoms with Crippen LogP contribution in [0.1, 0.15) is 16.1 Å². The molecule has 0 saturated heterocycles. The van der Waals surface area contributed by atoms with Crippen LogP contribution in [-0.4, -0.2) is 22.8 Å². The highest BCUT2D eigenvalue weighted by atomic mass is 19.1. The molecule has 0 atom stereocenters. The molecule has 0 aliphatic carbocycles. The average molecular weight is 428 g/mol. The highest BCUT2D eigenvalue weighted by Gasteiger charge is 2.12. The fourth-order valence-electron chi connectivity index (χ4n) is 2.93. The van der Waals surface area contributed by atoms with Crippen LogP contribution in [-0.2, 0) is 0 Å². The van der Waals surface area contributed by atoms with Crippen LogP contribution >= 0.6 is 0 Å². The maximum Gasteiger partial charge on any atom is 0.276 e. The quantitative estimate of drug-likeness (QED) is 0.470. The minimum Gasteiger partial charge on any atom is -0.493 e. The summed E-state index contributed by atoms with van der Waals surface area (Å²) in [6, 6.07) is 21.1. The van der Waals surface area contributed by atoms with Gasteiger partial charge in [0.2, 0.25) is 0 Å². The van der Waals surface area contributed by atoms with E-state index >= 15 is 0 Å². The van der Waals surface area contributed by atoms with Gasteiger partial charge in [0.25, 0.3) is 5.91 Å². The van der Waals surface area contributed by atoms with Crippen molar-refractivity contribution >= 4 is 11.6 Å². The van der Waals surface area contributed by atoms with Gasteiger partial charge >= 0.3 is 0 Å². The van der Waals surface area contributed by atoms with Crippen molar-refractivity contribution in [1.29, 1.82) is 5.26 Å². The largest absolute Gasteiger partial charge is 0.493 e. The lowest BCUT2D eigenvalue weighted by Crippen LogP contribution is -2.13. The van der Waals surface area contributed by atoms with E-state index in [4.69, 9.17) is 14.7 Å². The van der Waals surface area contributed by atoms with Crippen molar-refractivity contribution in [3.05, 3.63) is 96.1 Å². The molecule has 1 heterocycles. The van der Waals surface area contributed by atoms with Gasteiger partial charge in [-0.25, -0.2) is 9.07 Å². The van der Waals surface area contributed by atoms with Crippen LogP contribution in [0.15, 0.2) is 79.0 Å². The second-order valence-electron chi connectivity index (χ2n) is 6.68. The molecule has 0 radical (unpaired) electrons. The first-order valence-electron chi connectivity index (χ1n) is 9.55. The van der Waals surface area contributed by atoms with Gasteiger partial charge in [0, 0.05) is 18.0 Å². The zero-order valence-electron chi connectivity index (χ0n) is 16.9. The van der Waals surface area contributed by atoms with E-state index in [1.165, 1.54) is 23.9 Å². The number of carbonyl (C=O) groups excluding carboxylic acids is 1. The molecule has 0 saturated carbocycles. The Morgan fingerprint density at radius 3 is 2.47 bits per heavy atom. The van der Waals surface area contributed by atoms with Gasteiger partial charge < -0.3 is 14.8 Å². The van der Waals surface area contributed by atoms with Crippen LogP contribution < -0.4 is 14.8 Å². The molecule has 0 spiro atoms. The van der Waals surface area contributed by atoms with Gasteiger partial charge in [-0.1, -0.05) is 0 Å². The molecule has 1 aromatic heterocycles. The van der Waals surface area contributed by atoms with Crippen LogP contribution in [0, 0.1) is 17.1 Å². The summed E-state index contributed by atoms with van der Waals surface area (Å²) in [5.74, 6) is 0.719. The van der Waals surface area contributed by atoms with Gasteiger partial charge in [-0.2, -0.15) is 10.4 Å². The van der Waals surface area contributed by atoms with Gasteiger partial charge in [0.1, 0.15) is 11.6 Å². The predicted octanol–water partition coefficient (Wildman–Crippen LogP) is 4.94. The molecule has 8 heteroatoms. The predicted molar refractivity (Wildman–Crippen MR) is 116 cm³/mol. The number of benzene rings is 3. The third-order valence-electron chi connectivity index (χ3n) is 4.55. The Labute approximate surface area is 183 Å². The number of aromatic nitrogens is 2. The highest BCUT2D eigenvalue weighted by molar-refractivity contribution is 6.02. The standard InChI is InChI=1S/C24H17FN4O3/c1-31-23-14-16(15-26)2-11-22(23)32-20-9-5-18(6-10-20)27-24(30)21-12-13-29(28-21)19-7-3-17(25)4-8-19/h2-14H,1H3,(H,27,30). The van der Waals surface area contributed by atoms with Crippen molar-refractivity contribution in [1.82, 2.24) is 9.78 Å². The van der Waals surface area contributed by atoms with Gasteiger partial charge in [-0.15, -0.1) is 0 Å². The monoisotopic (exact) mass is 428 g/mol. The molecule has 32 heavy (non-hydrogen) atoms. The lowest BCUT2D eigenvalue weighted by Gasteiger charge is -2.11. The van der Waals surface area contributed by atoms with Crippen molar-refractivity contribution < 1.29 is 18.7 Å². The molecule has 4 rings (SSSR count). The zero-order chi connectivity index (χ0) is 22.5. The molecule has 0 bridgehead atoms. The molecule has 4 aromatic rings. The SMILES string of the molecule is COc1cc(C#N)ccc1Oc1ccc(NC(=O)c2ccn(-c3ccc(F)cc3)n2)cc1. The fourth-order valence-corrected chi connectivity index (χ4v) is 2.93. The lowest BCUT2D eigenvalue weighted by molar-refractivity contribution is 0.102. The normalized spacial score (nSPS) is 10.3. The molecule has 158 valence electrons. The van der Waals surface area contributed by atoms with E-state index in [1.807, 2.05) is 6.07 Å². The highest BCUT2D eigenvalue weighted by Crippen LogP contribution is 2.32. The smallest absolute Gasteiger partial charge is 0.276 e. The fraction of sp³-hybridized carbons (Fsp3) is 0.0417. The van der Waals surface area contributed by atoms with Crippen LogP contribution in [0.5, 0.6) is 17.2 Å². The Morgan fingerprint density at radius 2 is 1.78 bits per heavy atom. The minimum atomic E-state index is -0.381. The summed E-state index contributed by atoms with van der Waals surface area (Å²) in [6.45, 7) is 0. The molecular weight excluding hydrogens is 411 g/mol. The number of carbonyl (C=O) groups is 1. The molecule has 0 aliphatic rings. The van der Waals surface area contributed by atoms with Crippen molar-refractivity contribution in [3.63, 3.8) is 0 Å². The zero-order valence-corrected chi connectivity index (χ0v) is 16.9. The summed E-state index contributed by atoms with van der Waals surface area (Å²) in [5, 5.41) is 16.0. The lowest BCUT2D eigenvalue weighted by atomic mass is 10.2. The number of methoxy groups -OCH3 is 1. The second-order valence-corrected chi connectivity index (χ2v) is 6.68. The van der Waals surface area contributed by atoms with Crippen molar-refractivity contribution in [2.45, 2.75) is 0 Å². The first-order valence-corrected chi connectivity index (χ1v) is 9.55. The number of halogens is 1. The third kappa shape index (κ3) is 4.57. The van der Waals surface area contributed by atoms with E-state index in [2.05, 4.69) is 10.4 Å². The Balaban J connectivity index is 1.42. The van der Waals surface area contributed by atoms with Gasteiger partial charge in [0.05, 0.1) is 24.4 Å². The molecular formula is C24H17FN4O3. The number of nitrogens with one attached hydrogen (secondary N) is 1.